The molecule has 0 aliphatic rings. The van der Waals surface area contributed by atoms with Crippen molar-refractivity contribution >= 4 is 24.8 Å². The van der Waals surface area contributed by atoms with E-state index in [1.807, 2.05) is 0 Å². The molecule has 6 heteroatoms. The fraction of sp³-hybridized carbons (Fsp3) is 0.375. The highest BCUT2D eigenvalue weighted by Crippen LogP contribution is 2.23. The quantitative estimate of drug-likeness (QED) is 0.868. The van der Waals surface area contributed by atoms with Crippen LogP contribution in [0.4, 0.5) is 0 Å². The first-order valence-electron chi connectivity index (χ1n) is 3.59. The second kappa shape index (κ2) is 7.67. The minimum Gasteiger partial charge on any atom is -0.491 e. The smallest absolute Gasteiger partial charge is 0.257 e. The molecule has 0 spiro atoms. The lowest BCUT2D eigenvalue weighted by Gasteiger charge is -2.06. The maximum absolute atomic E-state index is 5.41. The minimum absolute atomic E-state index is 0. The Morgan fingerprint density at radius 1 is 1.21 bits per heavy atom. The fourth-order valence-corrected chi connectivity index (χ4v) is 0.881. The van der Waals surface area contributed by atoms with Gasteiger partial charge in [-0.2, -0.15) is 0 Å². The summed E-state index contributed by atoms with van der Waals surface area (Å²) in [6.45, 7) is 0.403. The first-order valence-corrected chi connectivity index (χ1v) is 3.59. The van der Waals surface area contributed by atoms with Gasteiger partial charge in [0.2, 0.25) is 0 Å². The zero-order valence-electron chi connectivity index (χ0n) is 8.02. The van der Waals surface area contributed by atoms with Crippen molar-refractivity contribution in [2.24, 2.45) is 5.73 Å². The van der Waals surface area contributed by atoms with Gasteiger partial charge in [0.15, 0.2) is 5.75 Å². The predicted octanol–water partition coefficient (Wildman–Crippen LogP) is 1.40. The molecule has 14 heavy (non-hydrogen) atoms. The van der Waals surface area contributed by atoms with E-state index >= 15 is 0 Å². The SMILES string of the molecule is COc1ccc(CN)nc1OC.Cl.Cl. The summed E-state index contributed by atoms with van der Waals surface area (Å²) in [6, 6.07) is 3.59. The van der Waals surface area contributed by atoms with Crippen LogP contribution in [0.5, 0.6) is 11.6 Å². The van der Waals surface area contributed by atoms with Gasteiger partial charge in [-0.05, 0) is 12.1 Å². The average Bonchev–Trinajstić information content (AvgIpc) is 2.16. The number of hydrogen-bond acceptors (Lipinski definition) is 4. The molecule has 1 aromatic rings. The number of aromatic nitrogens is 1. The zero-order chi connectivity index (χ0) is 8.97. The first kappa shape index (κ1) is 15.7. The van der Waals surface area contributed by atoms with Crippen LogP contribution in [0, 0.1) is 0 Å². The largest absolute Gasteiger partial charge is 0.491 e. The van der Waals surface area contributed by atoms with E-state index in [4.69, 9.17) is 15.2 Å². The highest BCUT2D eigenvalue weighted by atomic mass is 35.5. The minimum atomic E-state index is 0. The molecular formula is C8H14Cl2N2O2. The summed E-state index contributed by atoms with van der Waals surface area (Å²) < 4.78 is 9.99. The maximum atomic E-state index is 5.41. The van der Waals surface area contributed by atoms with E-state index in [9.17, 15) is 0 Å². The van der Waals surface area contributed by atoms with Crippen LogP contribution in [-0.2, 0) is 6.54 Å². The Bertz CT molecular complexity index is 272. The maximum Gasteiger partial charge on any atom is 0.257 e. The molecule has 0 radical (unpaired) electrons. The number of halogens is 2. The fourth-order valence-electron chi connectivity index (χ4n) is 0.881. The zero-order valence-corrected chi connectivity index (χ0v) is 9.65. The third-order valence-corrected chi connectivity index (χ3v) is 1.51. The molecule has 1 heterocycles. The van der Waals surface area contributed by atoms with Crippen molar-refractivity contribution in [1.29, 1.82) is 0 Å². The van der Waals surface area contributed by atoms with E-state index in [1.165, 1.54) is 0 Å². The monoisotopic (exact) mass is 240 g/mol. The van der Waals surface area contributed by atoms with Crippen molar-refractivity contribution < 1.29 is 9.47 Å². The Labute approximate surface area is 95.6 Å². The van der Waals surface area contributed by atoms with Crippen LogP contribution in [0.25, 0.3) is 0 Å². The number of hydrogen-bond donors (Lipinski definition) is 1. The van der Waals surface area contributed by atoms with E-state index in [-0.39, 0.29) is 24.8 Å². The van der Waals surface area contributed by atoms with E-state index in [2.05, 4.69) is 4.98 Å². The molecule has 0 unspecified atom stereocenters. The summed E-state index contributed by atoms with van der Waals surface area (Å²) in [5.41, 5.74) is 6.19. The van der Waals surface area contributed by atoms with Gasteiger partial charge in [-0.15, -0.1) is 24.8 Å². The van der Waals surface area contributed by atoms with E-state index in [0.29, 0.717) is 18.2 Å². The van der Waals surface area contributed by atoms with Gasteiger partial charge in [0.1, 0.15) is 0 Å². The van der Waals surface area contributed by atoms with Gasteiger partial charge in [0, 0.05) is 6.54 Å². The van der Waals surface area contributed by atoms with E-state index in [1.54, 1.807) is 26.4 Å². The summed E-state index contributed by atoms with van der Waals surface area (Å²) in [5, 5.41) is 0. The highest BCUT2D eigenvalue weighted by Gasteiger charge is 2.04. The van der Waals surface area contributed by atoms with Gasteiger partial charge in [-0.3, -0.25) is 0 Å². The molecule has 2 N–H and O–H groups in total. The van der Waals surface area contributed by atoms with Crippen LogP contribution in [-0.4, -0.2) is 19.2 Å². The Kier molecular flexibility index (Phi) is 8.63. The number of ether oxygens (including phenoxy) is 2. The average molecular weight is 241 g/mol. The number of methoxy groups -OCH3 is 2. The predicted molar refractivity (Wildman–Crippen MR) is 59.7 cm³/mol. The molecule has 1 aromatic heterocycles. The molecule has 0 saturated carbocycles. The van der Waals surface area contributed by atoms with Crippen molar-refractivity contribution in [2.75, 3.05) is 14.2 Å². The van der Waals surface area contributed by atoms with Crippen LogP contribution in [0.1, 0.15) is 5.69 Å². The van der Waals surface area contributed by atoms with Crippen LogP contribution in [0.3, 0.4) is 0 Å². The van der Waals surface area contributed by atoms with Crippen molar-refractivity contribution in [1.82, 2.24) is 4.98 Å². The highest BCUT2D eigenvalue weighted by molar-refractivity contribution is 5.85. The molecule has 0 aromatic carbocycles. The van der Waals surface area contributed by atoms with Crippen LogP contribution in [0.2, 0.25) is 0 Å². The molecule has 82 valence electrons. The Morgan fingerprint density at radius 3 is 2.29 bits per heavy atom. The summed E-state index contributed by atoms with van der Waals surface area (Å²) in [6.07, 6.45) is 0. The first-order chi connectivity index (χ1) is 5.81. The van der Waals surface area contributed by atoms with Crippen molar-refractivity contribution in [3.63, 3.8) is 0 Å². The molecule has 0 saturated heterocycles. The lowest BCUT2D eigenvalue weighted by atomic mass is 10.3. The normalized spacial score (nSPS) is 8.21. The van der Waals surface area contributed by atoms with Gasteiger partial charge >= 0.3 is 0 Å². The van der Waals surface area contributed by atoms with Crippen molar-refractivity contribution in [2.45, 2.75) is 6.54 Å². The second-order valence-corrected chi connectivity index (χ2v) is 2.22. The summed E-state index contributed by atoms with van der Waals surface area (Å²) in [4.78, 5) is 4.11. The Morgan fingerprint density at radius 2 is 1.86 bits per heavy atom. The number of nitrogens with two attached hydrogens (primary N) is 1. The molecule has 0 aliphatic heterocycles. The lowest BCUT2D eigenvalue weighted by Crippen LogP contribution is -2.01. The van der Waals surface area contributed by atoms with Gasteiger partial charge in [-0.25, -0.2) is 4.98 Å². The van der Waals surface area contributed by atoms with Gasteiger partial charge in [0.25, 0.3) is 5.88 Å². The lowest BCUT2D eigenvalue weighted by molar-refractivity contribution is 0.342. The molecule has 0 aliphatic carbocycles. The summed E-state index contributed by atoms with van der Waals surface area (Å²) >= 11 is 0. The third-order valence-electron chi connectivity index (χ3n) is 1.51. The molecular weight excluding hydrogens is 227 g/mol. The molecule has 0 bridgehead atoms. The van der Waals surface area contributed by atoms with Crippen LogP contribution in [0.15, 0.2) is 12.1 Å². The van der Waals surface area contributed by atoms with Crippen LogP contribution >= 0.6 is 24.8 Å². The third kappa shape index (κ3) is 3.57. The Balaban J connectivity index is 0. The van der Waals surface area contributed by atoms with Gasteiger partial charge in [0.05, 0.1) is 19.9 Å². The molecule has 1 rings (SSSR count). The van der Waals surface area contributed by atoms with Gasteiger partial charge < -0.3 is 15.2 Å². The Hall–Kier alpha value is -0.710. The number of nitrogens with zero attached hydrogens (tertiary/aromatic N) is 1. The van der Waals surface area contributed by atoms with Crippen LogP contribution < -0.4 is 15.2 Å². The topological polar surface area (TPSA) is 57.4 Å². The number of pyridine rings is 1. The van der Waals surface area contributed by atoms with E-state index < -0.39 is 0 Å². The molecule has 0 atom stereocenters. The number of rotatable bonds is 3. The standard InChI is InChI=1S/C8H12N2O2.2ClH/c1-11-7-4-3-6(5-9)10-8(7)12-2;;/h3-4H,5,9H2,1-2H3;2*1H. The summed E-state index contributed by atoms with van der Waals surface area (Å²) in [5.74, 6) is 1.09. The summed E-state index contributed by atoms with van der Waals surface area (Å²) in [7, 11) is 3.12. The van der Waals surface area contributed by atoms with Crippen molar-refractivity contribution in [3.8, 4) is 11.6 Å². The molecule has 0 fully saturated rings. The second-order valence-electron chi connectivity index (χ2n) is 2.22. The molecule has 0 amide bonds. The van der Waals surface area contributed by atoms with Gasteiger partial charge in [-0.1, -0.05) is 0 Å². The molecule has 4 nitrogen and oxygen atoms in total. The van der Waals surface area contributed by atoms with E-state index in [0.717, 1.165) is 5.69 Å². The van der Waals surface area contributed by atoms with Crippen molar-refractivity contribution in [3.05, 3.63) is 17.8 Å².